The van der Waals surface area contributed by atoms with Gasteiger partial charge in [0.1, 0.15) is 0 Å². The highest BCUT2D eigenvalue weighted by Gasteiger charge is 2.79. The second kappa shape index (κ2) is 2.96. The van der Waals surface area contributed by atoms with E-state index in [4.69, 9.17) is 0 Å². The molecule has 0 saturated heterocycles. The van der Waals surface area contributed by atoms with E-state index in [0.717, 1.165) is 0 Å². The summed E-state index contributed by atoms with van der Waals surface area (Å²) >= 11 is 0. The second-order valence-corrected chi connectivity index (χ2v) is 3.13. The summed E-state index contributed by atoms with van der Waals surface area (Å²) in [4.78, 5) is 0. The molecular weight excluding hydrogens is 224 g/mol. The fourth-order valence-corrected chi connectivity index (χ4v) is 0.835. The van der Waals surface area contributed by atoms with Gasteiger partial charge in [0.2, 0.25) is 0 Å². The zero-order valence-corrected chi connectivity index (χ0v) is 7.02. The van der Waals surface area contributed by atoms with Crippen LogP contribution in [0.3, 0.4) is 0 Å². The van der Waals surface area contributed by atoms with Gasteiger partial charge in [0.15, 0.2) is 5.67 Å². The molecule has 14 heavy (non-hydrogen) atoms. The van der Waals surface area contributed by atoms with Crippen molar-refractivity contribution in [2.75, 3.05) is 0 Å². The maximum absolute atomic E-state index is 12.7. The molecule has 0 aliphatic rings. The number of rotatable bonds is 1. The monoisotopic (exact) mass is 230 g/mol. The molecule has 0 heterocycles. The molecule has 0 spiro atoms. The molecule has 0 aromatic rings. The normalized spacial score (nSPS) is 15.9. The Morgan fingerprint density at radius 2 is 0.786 bits per heavy atom. The van der Waals surface area contributed by atoms with Crippen molar-refractivity contribution in [2.24, 2.45) is 0 Å². The quantitative estimate of drug-likeness (QED) is 0.604. The highest BCUT2D eigenvalue weighted by Crippen LogP contribution is 2.53. The first-order valence-corrected chi connectivity index (χ1v) is 3.26. The summed E-state index contributed by atoms with van der Waals surface area (Å²) in [6.45, 7) is -0.234. The fourth-order valence-electron chi connectivity index (χ4n) is 0.835. The third-order valence-corrected chi connectivity index (χ3v) is 1.60. The van der Waals surface area contributed by atoms with Crippen molar-refractivity contribution in [1.82, 2.24) is 0 Å². The Bertz CT molecular complexity index is 167. The summed E-state index contributed by atoms with van der Waals surface area (Å²) in [5.74, 6) is 0. The Labute approximate surface area is 73.9 Å². The Morgan fingerprint density at radius 1 is 0.571 bits per heavy atom. The van der Waals surface area contributed by atoms with Crippen molar-refractivity contribution in [3.05, 3.63) is 0 Å². The SMILES string of the molecule is CC(C)(F)C(F)(C(F)(F)F)C(F)(F)F. The van der Waals surface area contributed by atoms with Crippen LogP contribution in [0.1, 0.15) is 13.8 Å². The number of alkyl halides is 8. The summed E-state index contributed by atoms with van der Waals surface area (Å²) in [6.07, 6.45) is -12.7. The molecule has 0 unspecified atom stereocenters. The molecule has 0 bridgehead atoms. The maximum atomic E-state index is 12.7. The van der Waals surface area contributed by atoms with Gasteiger partial charge in [-0.15, -0.1) is 0 Å². The van der Waals surface area contributed by atoms with Gasteiger partial charge >= 0.3 is 18.0 Å². The van der Waals surface area contributed by atoms with Crippen LogP contribution in [0, 0.1) is 0 Å². The van der Waals surface area contributed by atoms with Crippen molar-refractivity contribution < 1.29 is 35.1 Å². The van der Waals surface area contributed by atoms with Crippen LogP contribution in [-0.4, -0.2) is 23.7 Å². The van der Waals surface area contributed by atoms with Crippen molar-refractivity contribution in [2.45, 2.75) is 37.5 Å². The van der Waals surface area contributed by atoms with Gasteiger partial charge in [-0.05, 0) is 13.8 Å². The maximum Gasteiger partial charge on any atom is 0.434 e. The van der Waals surface area contributed by atoms with Crippen LogP contribution in [0.5, 0.6) is 0 Å². The summed E-state index contributed by atoms with van der Waals surface area (Å²) in [6, 6.07) is 0. The molecule has 0 aliphatic carbocycles. The summed E-state index contributed by atoms with van der Waals surface area (Å²) in [7, 11) is 0. The van der Waals surface area contributed by atoms with Gasteiger partial charge in [-0.3, -0.25) is 0 Å². The van der Waals surface area contributed by atoms with Gasteiger partial charge in [0.05, 0.1) is 0 Å². The highest BCUT2D eigenvalue weighted by molar-refractivity contribution is 5.06. The van der Waals surface area contributed by atoms with Crippen molar-refractivity contribution in [3.63, 3.8) is 0 Å². The molecule has 8 heteroatoms. The molecule has 0 rings (SSSR count). The largest absolute Gasteiger partial charge is 0.434 e. The van der Waals surface area contributed by atoms with E-state index in [-0.39, 0.29) is 13.8 Å². The smallest absolute Gasteiger partial charge is 0.240 e. The van der Waals surface area contributed by atoms with Crippen LogP contribution >= 0.6 is 0 Å². The van der Waals surface area contributed by atoms with E-state index >= 15 is 0 Å². The fraction of sp³-hybridized carbons (Fsp3) is 1.00. The molecule has 0 aliphatic heterocycles. The molecular formula is C6H6F8. The second-order valence-electron chi connectivity index (χ2n) is 3.13. The van der Waals surface area contributed by atoms with Crippen molar-refractivity contribution in [1.29, 1.82) is 0 Å². The van der Waals surface area contributed by atoms with Crippen LogP contribution < -0.4 is 0 Å². The van der Waals surface area contributed by atoms with Gasteiger partial charge in [-0.1, -0.05) is 0 Å². The Kier molecular flexibility index (Phi) is 2.84. The molecule has 0 nitrogen and oxygen atoms in total. The zero-order valence-electron chi connectivity index (χ0n) is 7.02. The number of halogens is 8. The predicted molar refractivity (Wildman–Crippen MR) is 31.1 cm³/mol. The van der Waals surface area contributed by atoms with E-state index in [1.807, 2.05) is 0 Å². The molecule has 0 fully saturated rings. The molecule has 0 aromatic heterocycles. The van der Waals surface area contributed by atoms with E-state index < -0.39 is 23.7 Å². The van der Waals surface area contributed by atoms with E-state index in [2.05, 4.69) is 0 Å². The average molecular weight is 230 g/mol. The van der Waals surface area contributed by atoms with E-state index in [0.29, 0.717) is 0 Å². The minimum Gasteiger partial charge on any atom is -0.240 e. The lowest BCUT2D eigenvalue weighted by Gasteiger charge is -2.36. The van der Waals surface area contributed by atoms with Gasteiger partial charge < -0.3 is 0 Å². The van der Waals surface area contributed by atoms with E-state index in [1.54, 1.807) is 0 Å². The van der Waals surface area contributed by atoms with E-state index in [9.17, 15) is 35.1 Å². The predicted octanol–water partition coefficient (Wildman–Crippen LogP) is 3.57. The number of hydrogen-bond donors (Lipinski definition) is 0. The minimum atomic E-state index is -6.34. The van der Waals surface area contributed by atoms with Crippen LogP contribution in [0.2, 0.25) is 0 Å². The average Bonchev–Trinajstić information content (AvgIpc) is 1.77. The van der Waals surface area contributed by atoms with Crippen molar-refractivity contribution in [3.8, 4) is 0 Å². The van der Waals surface area contributed by atoms with Crippen LogP contribution in [-0.2, 0) is 0 Å². The van der Waals surface area contributed by atoms with Crippen molar-refractivity contribution >= 4 is 0 Å². The first kappa shape index (κ1) is 13.4. The van der Waals surface area contributed by atoms with Crippen LogP contribution in [0.4, 0.5) is 35.1 Å². The minimum absolute atomic E-state index is 0.117. The van der Waals surface area contributed by atoms with Crippen LogP contribution in [0.25, 0.3) is 0 Å². The lowest BCUT2D eigenvalue weighted by molar-refractivity contribution is -0.371. The first-order chi connectivity index (χ1) is 5.75. The Morgan fingerprint density at radius 3 is 0.786 bits per heavy atom. The van der Waals surface area contributed by atoms with Gasteiger partial charge in [0.25, 0.3) is 0 Å². The first-order valence-electron chi connectivity index (χ1n) is 3.26. The molecule has 0 radical (unpaired) electrons. The molecule has 86 valence electrons. The lowest BCUT2D eigenvalue weighted by atomic mass is 9.88. The topological polar surface area (TPSA) is 0 Å². The lowest BCUT2D eigenvalue weighted by Crippen LogP contribution is -2.63. The Balaban J connectivity index is 5.54. The molecule has 0 atom stereocenters. The summed E-state index contributed by atoms with van der Waals surface area (Å²) in [5, 5.41) is 0. The molecule has 0 saturated carbocycles. The zero-order chi connectivity index (χ0) is 12.0. The number of hydrogen-bond acceptors (Lipinski definition) is 0. The molecule has 0 N–H and O–H groups in total. The highest BCUT2D eigenvalue weighted by atomic mass is 19.4. The summed E-state index contributed by atoms with van der Waals surface area (Å²) < 4.78 is 95.9. The standard InChI is InChI=1S/C6H6F8/c1-3(2,7)4(8,5(9,10)11)6(12,13)14/h1-2H3. The third kappa shape index (κ3) is 1.78. The van der Waals surface area contributed by atoms with Gasteiger partial charge in [-0.2, -0.15) is 26.3 Å². The van der Waals surface area contributed by atoms with Gasteiger partial charge in [-0.25, -0.2) is 8.78 Å². The van der Waals surface area contributed by atoms with E-state index in [1.165, 1.54) is 0 Å². The summed E-state index contributed by atoms with van der Waals surface area (Å²) in [5.41, 5.74) is -9.95. The van der Waals surface area contributed by atoms with Gasteiger partial charge in [0, 0.05) is 0 Å². The Hall–Kier alpha value is -0.560. The molecule has 0 amide bonds. The van der Waals surface area contributed by atoms with Crippen LogP contribution in [0.15, 0.2) is 0 Å². The third-order valence-electron chi connectivity index (χ3n) is 1.60. The molecule has 0 aromatic carbocycles.